The predicted molar refractivity (Wildman–Crippen MR) is 132 cm³/mol. The van der Waals surface area contributed by atoms with Gasteiger partial charge in [0.15, 0.2) is 6.61 Å². The molecule has 0 fully saturated rings. The minimum atomic E-state index is -0.581. The molecule has 33 heavy (non-hydrogen) atoms. The lowest BCUT2D eigenvalue weighted by Crippen LogP contribution is -2.50. The molecule has 0 spiro atoms. The predicted octanol–water partition coefficient (Wildman–Crippen LogP) is 4.58. The fraction of sp³-hybridized carbons (Fsp3) is 0.481. The zero-order valence-electron chi connectivity index (χ0n) is 21.0. The van der Waals surface area contributed by atoms with Crippen molar-refractivity contribution in [2.45, 2.75) is 60.5 Å². The first-order chi connectivity index (χ1) is 15.7. The Morgan fingerprint density at radius 1 is 1.06 bits per heavy atom. The molecular formula is C27H38N2O4. The molecule has 0 aliphatic carbocycles. The molecule has 6 nitrogen and oxygen atoms in total. The molecule has 1 atom stereocenters. The fourth-order valence-electron chi connectivity index (χ4n) is 3.64. The zero-order valence-corrected chi connectivity index (χ0v) is 21.0. The van der Waals surface area contributed by atoms with Gasteiger partial charge in [-0.15, -0.1) is 0 Å². The number of amides is 2. The van der Waals surface area contributed by atoms with Gasteiger partial charge in [0.05, 0.1) is 7.11 Å². The summed E-state index contributed by atoms with van der Waals surface area (Å²) in [5, 5.41) is 2.98. The third kappa shape index (κ3) is 7.52. The number of nitrogens with zero attached hydrogens (tertiary/aromatic N) is 1. The van der Waals surface area contributed by atoms with Crippen LogP contribution in [0.1, 0.15) is 49.4 Å². The maximum absolute atomic E-state index is 13.4. The van der Waals surface area contributed by atoms with Crippen LogP contribution in [0.25, 0.3) is 0 Å². The van der Waals surface area contributed by atoms with Crippen molar-refractivity contribution in [1.29, 1.82) is 0 Å². The fourth-order valence-corrected chi connectivity index (χ4v) is 3.64. The number of carbonyl (C=O) groups is 2. The van der Waals surface area contributed by atoms with Gasteiger partial charge in [0.25, 0.3) is 5.91 Å². The molecule has 0 aliphatic rings. The first-order valence-corrected chi connectivity index (χ1v) is 11.6. The van der Waals surface area contributed by atoms with Crippen LogP contribution in [0.2, 0.25) is 0 Å². The van der Waals surface area contributed by atoms with E-state index in [0.29, 0.717) is 31.2 Å². The van der Waals surface area contributed by atoms with E-state index in [9.17, 15) is 9.59 Å². The molecule has 0 bridgehead atoms. The van der Waals surface area contributed by atoms with Crippen molar-refractivity contribution < 1.29 is 19.1 Å². The first-order valence-electron chi connectivity index (χ1n) is 11.6. The van der Waals surface area contributed by atoms with Crippen molar-refractivity contribution >= 4 is 11.8 Å². The second kappa shape index (κ2) is 12.3. The minimum absolute atomic E-state index is 0.131. The summed E-state index contributed by atoms with van der Waals surface area (Å²) in [6.07, 6.45) is 0.508. The molecule has 2 amide bonds. The highest BCUT2D eigenvalue weighted by molar-refractivity contribution is 5.88. The number of aryl methyl sites for hydroxylation is 2. The second-order valence-electron chi connectivity index (χ2n) is 8.93. The number of ether oxygens (including phenoxy) is 2. The number of benzene rings is 2. The summed E-state index contributed by atoms with van der Waals surface area (Å²) in [5.74, 6) is 1.40. The third-order valence-corrected chi connectivity index (χ3v) is 5.70. The molecule has 0 aromatic heterocycles. The van der Waals surface area contributed by atoms with Crippen molar-refractivity contribution in [2.24, 2.45) is 5.92 Å². The van der Waals surface area contributed by atoms with Gasteiger partial charge in [-0.05, 0) is 73.6 Å². The van der Waals surface area contributed by atoms with Gasteiger partial charge in [-0.2, -0.15) is 0 Å². The van der Waals surface area contributed by atoms with Gasteiger partial charge in [0, 0.05) is 13.1 Å². The average molecular weight is 455 g/mol. The normalized spacial score (nSPS) is 11.8. The lowest BCUT2D eigenvalue weighted by atomic mass is 10.1. The maximum Gasteiger partial charge on any atom is 0.261 e. The molecular weight excluding hydrogens is 416 g/mol. The highest BCUT2D eigenvalue weighted by atomic mass is 16.5. The maximum atomic E-state index is 13.4. The van der Waals surface area contributed by atoms with Crippen LogP contribution in [0.15, 0.2) is 36.4 Å². The second-order valence-corrected chi connectivity index (χ2v) is 8.93. The minimum Gasteiger partial charge on any atom is -0.497 e. The SMILES string of the molecule is CCC(C(=O)NCC(C)C)N(Cc1ccc(OC)cc1)C(=O)COc1cc(C)cc(C)c1C. The summed E-state index contributed by atoms with van der Waals surface area (Å²) in [4.78, 5) is 28.0. The van der Waals surface area contributed by atoms with Crippen LogP contribution in [0, 0.1) is 26.7 Å². The number of nitrogens with one attached hydrogen (secondary N) is 1. The van der Waals surface area contributed by atoms with Crippen LogP contribution in [-0.4, -0.2) is 43.0 Å². The van der Waals surface area contributed by atoms with Crippen LogP contribution < -0.4 is 14.8 Å². The molecule has 2 aromatic carbocycles. The van der Waals surface area contributed by atoms with E-state index in [1.54, 1.807) is 12.0 Å². The molecule has 0 saturated carbocycles. The van der Waals surface area contributed by atoms with Crippen LogP contribution in [0.3, 0.4) is 0 Å². The quantitative estimate of drug-likeness (QED) is 0.540. The van der Waals surface area contributed by atoms with Gasteiger partial charge in [0.2, 0.25) is 5.91 Å². The molecule has 0 saturated heterocycles. The molecule has 6 heteroatoms. The Balaban J connectivity index is 2.25. The zero-order chi connectivity index (χ0) is 24.5. The average Bonchev–Trinajstić information content (AvgIpc) is 2.79. The Morgan fingerprint density at radius 3 is 2.30 bits per heavy atom. The van der Waals surface area contributed by atoms with Crippen molar-refractivity contribution in [3.8, 4) is 11.5 Å². The van der Waals surface area contributed by atoms with E-state index in [4.69, 9.17) is 9.47 Å². The van der Waals surface area contributed by atoms with E-state index in [1.165, 1.54) is 0 Å². The Hall–Kier alpha value is -3.02. The van der Waals surface area contributed by atoms with Crippen molar-refractivity contribution in [3.05, 3.63) is 58.7 Å². The third-order valence-electron chi connectivity index (χ3n) is 5.70. The standard InChI is InChI=1S/C27H38N2O4/c1-8-24(27(31)28-15-18(2)3)29(16-22-9-11-23(32-7)12-10-22)26(30)17-33-25-14-19(4)13-20(5)21(25)6/h9-14,18,24H,8,15-17H2,1-7H3,(H,28,31). The van der Waals surface area contributed by atoms with Gasteiger partial charge in [-0.3, -0.25) is 9.59 Å². The Morgan fingerprint density at radius 2 is 1.73 bits per heavy atom. The van der Waals surface area contributed by atoms with E-state index in [0.717, 1.165) is 28.0 Å². The van der Waals surface area contributed by atoms with Crippen LogP contribution >= 0.6 is 0 Å². The Kier molecular flexibility index (Phi) is 9.76. The molecule has 0 radical (unpaired) electrons. The summed E-state index contributed by atoms with van der Waals surface area (Å²) < 4.78 is 11.2. The van der Waals surface area contributed by atoms with E-state index in [2.05, 4.69) is 11.4 Å². The number of hydrogen-bond donors (Lipinski definition) is 1. The number of hydrogen-bond acceptors (Lipinski definition) is 4. The molecule has 180 valence electrons. The molecule has 0 heterocycles. The highest BCUT2D eigenvalue weighted by Crippen LogP contribution is 2.24. The van der Waals surface area contributed by atoms with Crippen LogP contribution in [0.4, 0.5) is 0 Å². The molecule has 1 N–H and O–H groups in total. The van der Waals surface area contributed by atoms with Gasteiger partial charge in [-0.1, -0.05) is 39.0 Å². The van der Waals surface area contributed by atoms with E-state index in [-0.39, 0.29) is 18.4 Å². The summed E-state index contributed by atoms with van der Waals surface area (Å²) in [5.41, 5.74) is 4.13. The molecule has 2 aromatic rings. The van der Waals surface area contributed by atoms with Crippen molar-refractivity contribution in [2.75, 3.05) is 20.3 Å². The topological polar surface area (TPSA) is 67.9 Å². The van der Waals surface area contributed by atoms with Gasteiger partial charge < -0.3 is 19.7 Å². The first kappa shape index (κ1) is 26.2. The summed E-state index contributed by atoms with van der Waals surface area (Å²) in [6.45, 7) is 12.8. The van der Waals surface area contributed by atoms with Gasteiger partial charge in [0.1, 0.15) is 17.5 Å². The molecule has 2 rings (SSSR count). The summed E-state index contributed by atoms with van der Waals surface area (Å²) >= 11 is 0. The van der Waals surface area contributed by atoms with Crippen molar-refractivity contribution in [3.63, 3.8) is 0 Å². The largest absolute Gasteiger partial charge is 0.497 e. The Labute approximate surface area is 198 Å². The van der Waals surface area contributed by atoms with Gasteiger partial charge in [-0.25, -0.2) is 0 Å². The van der Waals surface area contributed by atoms with Crippen LogP contribution in [-0.2, 0) is 16.1 Å². The highest BCUT2D eigenvalue weighted by Gasteiger charge is 2.29. The molecule has 0 aliphatic heterocycles. The number of rotatable bonds is 11. The lowest BCUT2D eigenvalue weighted by Gasteiger charge is -2.31. The van der Waals surface area contributed by atoms with E-state index in [1.807, 2.05) is 71.9 Å². The van der Waals surface area contributed by atoms with E-state index < -0.39 is 6.04 Å². The Bertz CT molecular complexity index is 938. The smallest absolute Gasteiger partial charge is 0.261 e. The van der Waals surface area contributed by atoms with Crippen LogP contribution in [0.5, 0.6) is 11.5 Å². The monoisotopic (exact) mass is 454 g/mol. The summed E-state index contributed by atoms with van der Waals surface area (Å²) in [6, 6.07) is 11.0. The summed E-state index contributed by atoms with van der Waals surface area (Å²) in [7, 11) is 1.61. The number of methoxy groups -OCH3 is 1. The molecule has 1 unspecified atom stereocenters. The number of carbonyl (C=O) groups excluding carboxylic acids is 2. The van der Waals surface area contributed by atoms with Gasteiger partial charge >= 0.3 is 0 Å². The van der Waals surface area contributed by atoms with E-state index >= 15 is 0 Å². The lowest BCUT2D eigenvalue weighted by molar-refractivity contribution is -0.143. The van der Waals surface area contributed by atoms with Crippen molar-refractivity contribution in [1.82, 2.24) is 10.2 Å².